The standard InChI is InChI=1S/C20H22N4O2/c1-2-26-17-10-8-15(9-11-17)20(25)23-12-5-6-16(14-23)19-22-21-18-7-3-4-13-24(18)19/h3-4,7-11,13,16H,2,5-6,12,14H2,1H3. The van der Waals surface area contributed by atoms with Gasteiger partial charge in [-0.3, -0.25) is 9.20 Å². The summed E-state index contributed by atoms with van der Waals surface area (Å²) in [7, 11) is 0. The van der Waals surface area contributed by atoms with Crippen molar-refractivity contribution < 1.29 is 9.53 Å². The molecule has 1 saturated heterocycles. The Labute approximate surface area is 152 Å². The monoisotopic (exact) mass is 350 g/mol. The average molecular weight is 350 g/mol. The van der Waals surface area contributed by atoms with Crippen molar-refractivity contribution in [1.82, 2.24) is 19.5 Å². The van der Waals surface area contributed by atoms with Gasteiger partial charge in [-0.15, -0.1) is 10.2 Å². The summed E-state index contributed by atoms with van der Waals surface area (Å²) in [6.45, 7) is 4.01. The first kappa shape index (κ1) is 16.6. The van der Waals surface area contributed by atoms with Crippen LogP contribution in [0.4, 0.5) is 0 Å². The lowest BCUT2D eigenvalue weighted by Crippen LogP contribution is -2.39. The van der Waals surface area contributed by atoms with Crippen molar-refractivity contribution in [3.8, 4) is 5.75 Å². The summed E-state index contributed by atoms with van der Waals surface area (Å²) in [6.07, 6.45) is 3.97. The van der Waals surface area contributed by atoms with Crippen molar-refractivity contribution in [3.05, 3.63) is 60.0 Å². The molecule has 1 aliphatic heterocycles. The van der Waals surface area contributed by atoms with Crippen LogP contribution in [-0.2, 0) is 0 Å². The molecule has 1 aromatic carbocycles. The molecule has 0 aliphatic carbocycles. The van der Waals surface area contributed by atoms with Gasteiger partial charge in [0.1, 0.15) is 11.6 Å². The molecule has 1 atom stereocenters. The number of piperidine rings is 1. The molecule has 134 valence electrons. The minimum absolute atomic E-state index is 0.0616. The predicted molar refractivity (Wildman–Crippen MR) is 98.5 cm³/mol. The smallest absolute Gasteiger partial charge is 0.253 e. The van der Waals surface area contributed by atoms with E-state index in [1.807, 2.05) is 64.9 Å². The van der Waals surface area contributed by atoms with Crippen LogP contribution in [0.5, 0.6) is 5.75 Å². The van der Waals surface area contributed by atoms with Crippen LogP contribution >= 0.6 is 0 Å². The zero-order valence-corrected chi connectivity index (χ0v) is 14.8. The highest BCUT2D eigenvalue weighted by atomic mass is 16.5. The Morgan fingerprint density at radius 3 is 2.85 bits per heavy atom. The molecule has 1 aliphatic rings. The lowest BCUT2D eigenvalue weighted by molar-refractivity contribution is 0.0704. The van der Waals surface area contributed by atoms with Gasteiger partial charge < -0.3 is 9.64 Å². The molecular formula is C20H22N4O2. The fraction of sp³-hybridized carbons (Fsp3) is 0.350. The molecule has 0 N–H and O–H groups in total. The molecule has 0 saturated carbocycles. The number of likely N-dealkylation sites (tertiary alicyclic amines) is 1. The van der Waals surface area contributed by atoms with E-state index in [0.29, 0.717) is 18.7 Å². The molecule has 1 unspecified atom stereocenters. The molecule has 0 radical (unpaired) electrons. The number of fused-ring (bicyclic) bond motifs is 1. The summed E-state index contributed by atoms with van der Waals surface area (Å²) in [5.41, 5.74) is 1.54. The lowest BCUT2D eigenvalue weighted by Gasteiger charge is -2.32. The van der Waals surface area contributed by atoms with Gasteiger partial charge in [0.2, 0.25) is 0 Å². The molecule has 4 rings (SSSR count). The van der Waals surface area contributed by atoms with Gasteiger partial charge in [-0.2, -0.15) is 0 Å². The van der Waals surface area contributed by atoms with Crippen LogP contribution in [0.3, 0.4) is 0 Å². The van der Waals surface area contributed by atoms with Crippen molar-refractivity contribution in [2.24, 2.45) is 0 Å². The molecule has 3 aromatic rings. The van der Waals surface area contributed by atoms with E-state index in [4.69, 9.17) is 4.74 Å². The molecule has 3 heterocycles. The van der Waals surface area contributed by atoms with Crippen LogP contribution in [-0.4, -0.2) is 45.1 Å². The number of nitrogens with zero attached hydrogens (tertiary/aromatic N) is 4. The number of amides is 1. The lowest BCUT2D eigenvalue weighted by atomic mass is 9.96. The van der Waals surface area contributed by atoms with Gasteiger partial charge in [0.05, 0.1) is 6.61 Å². The number of carbonyl (C=O) groups excluding carboxylic acids is 1. The zero-order valence-electron chi connectivity index (χ0n) is 14.8. The molecule has 26 heavy (non-hydrogen) atoms. The van der Waals surface area contributed by atoms with E-state index in [0.717, 1.165) is 36.6 Å². The third-order valence-electron chi connectivity index (χ3n) is 4.83. The van der Waals surface area contributed by atoms with Gasteiger partial charge in [-0.1, -0.05) is 6.07 Å². The van der Waals surface area contributed by atoms with Crippen LogP contribution in [0.1, 0.15) is 41.9 Å². The van der Waals surface area contributed by atoms with Gasteiger partial charge in [-0.05, 0) is 56.2 Å². The van der Waals surface area contributed by atoms with E-state index in [9.17, 15) is 4.79 Å². The quantitative estimate of drug-likeness (QED) is 0.725. The van der Waals surface area contributed by atoms with Crippen molar-refractivity contribution >= 4 is 11.6 Å². The van der Waals surface area contributed by atoms with E-state index in [1.54, 1.807) is 0 Å². The number of hydrogen-bond acceptors (Lipinski definition) is 4. The second-order valence-corrected chi connectivity index (χ2v) is 6.53. The second kappa shape index (κ2) is 7.15. The van der Waals surface area contributed by atoms with Crippen LogP contribution < -0.4 is 4.74 Å². The van der Waals surface area contributed by atoms with Gasteiger partial charge in [-0.25, -0.2) is 0 Å². The second-order valence-electron chi connectivity index (χ2n) is 6.53. The maximum atomic E-state index is 12.9. The normalized spacial score (nSPS) is 17.4. The summed E-state index contributed by atoms with van der Waals surface area (Å²) in [5, 5.41) is 8.62. The van der Waals surface area contributed by atoms with Crippen molar-refractivity contribution in [1.29, 1.82) is 0 Å². The molecule has 0 bridgehead atoms. The average Bonchev–Trinajstić information content (AvgIpc) is 3.13. The predicted octanol–water partition coefficient (Wildman–Crippen LogP) is 3.15. The summed E-state index contributed by atoms with van der Waals surface area (Å²) in [5.74, 6) is 1.99. The van der Waals surface area contributed by atoms with Crippen LogP contribution in [0.15, 0.2) is 48.7 Å². The Balaban J connectivity index is 1.52. The maximum Gasteiger partial charge on any atom is 0.253 e. The number of aromatic nitrogens is 3. The summed E-state index contributed by atoms with van der Waals surface area (Å²) < 4.78 is 7.47. The first-order valence-electron chi connectivity index (χ1n) is 9.08. The fourth-order valence-corrected chi connectivity index (χ4v) is 3.55. The highest BCUT2D eigenvalue weighted by Crippen LogP contribution is 2.27. The van der Waals surface area contributed by atoms with E-state index in [-0.39, 0.29) is 11.8 Å². The van der Waals surface area contributed by atoms with E-state index in [1.165, 1.54) is 0 Å². The van der Waals surface area contributed by atoms with Crippen LogP contribution in [0.2, 0.25) is 0 Å². The van der Waals surface area contributed by atoms with Crippen molar-refractivity contribution in [2.75, 3.05) is 19.7 Å². The Hall–Kier alpha value is -2.89. The highest BCUT2D eigenvalue weighted by Gasteiger charge is 2.28. The van der Waals surface area contributed by atoms with Gasteiger partial charge in [0.25, 0.3) is 5.91 Å². The molecule has 1 amide bonds. The zero-order chi connectivity index (χ0) is 17.9. The number of hydrogen-bond donors (Lipinski definition) is 0. The summed E-state index contributed by atoms with van der Waals surface area (Å²) in [6, 6.07) is 13.3. The molecule has 6 nitrogen and oxygen atoms in total. The van der Waals surface area contributed by atoms with E-state index >= 15 is 0 Å². The fourth-order valence-electron chi connectivity index (χ4n) is 3.55. The van der Waals surface area contributed by atoms with Crippen molar-refractivity contribution in [2.45, 2.75) is 25.7 Å². The topological polar surface area (TPSA) is 59.7 Å². The number of benzene rings is 1. The van der Waals surface area contributed by atoms with Crippen LogP contribution in [0.25, 0.3) is 5.65 Å². The Morgan fingerprint density at radius 2 is 2.04 bits per heavy atom. The SMILES string of the molecule is CCOc1ccc(C(=O)N2CCCC(c3nnc4ccccn34)C2)cc1. The number of carbonyl (C=O) groups is 1. The molecule has 1 fully saturated rings. The Kier molecular flexibility index (Phi) is 4.56. The van der Waals surface area contributed by atoms with E-state index in [2.05, 4.69) is 10.2 Å². The highest BCUT2D eigenvalue weighted by molar-refractivity contribution is 5.94. The third-order valence-corrected chi connectivity index (χ3v) is 4.83. The largest absolute Gasteiger partial charge is 0.494 e. The molecular weight excluding hydrogens is 328 g/mol. The van der Waals surface area contributed by atoms with Crippen molar-refractivity contribution in [3.63, 3.8) is 0 Å². The maximum absolute atomic E-state index is 12.9. The molecule has 2 aromatic heterocycles. The minimum atomic E-state index is 0.0616. The van der Waals surface area contributed by atoms with Gasteiger partial charge >= 0.3 is 0 Å². The first-order valence-corrected chi connectivity index (χ1v) is 9.08. The molecule has 6 heteroatoms. The molecule has 0 spiro atoms. The minimum Gasteiger partial charge on any atom is -0.494 e. The number of rotatable bonds is 4. The summed E-state index contributed by atoms with van der Waals surface area (Å²) >= 11 is 0. The number of pyridine rings is 1. The van der Waals surface area contributed by atoms with Gasteiger partial charge in [0, 0.05) is 30.8 Å². The first-order chi connectivity index (χ1) is 12.8. The van der Waals surface area contributed by atoms with Gasteiger partial charge in [0.15, 0.2) is 5.65 Å². The number of ether oxygens (including phenoxy) is 1. The van der Waals surface area contributed by atoms with Crippen LogP contribution in [0, 0.1) is 0 Å². The summed E-state index contributed by atoms with van der Waals surface area (Å²) in [4.78, 5) is 14.8. The van der Waals surface area contributed by atoms with E-state index < -0.39 is 0 Å². The Bertz CT molecular complexity index is 904. The third kappa shape index (κ3) is 3.14. The Morgan fingerprint density at radius 1 is 1.19 bits per heavy atom.